The Hall–Kier alpha value is -10.6. The number of anilines is 6. The maximum atomic E-state index is 11.9. The van der Waals surface area contributed by atoms with Gasteiger partial charge in [-0.05, 0) is 48.9 Å². The zero-order valence-electron chi connectivity index (χ0n) is 55.0. The number of thiazole rings is 3. The molecule has 556 valence electrons. The summed E-state index contributed by atoms with van der Waals surface area (Å²) in [7, 11) is 14.1. The number of benzene rings is 3. The molecule has 1 aliphatic heterocycles. The highest BCUT2D eigenvalue weighted by Crippen LogP contribution is 2.43. The summed E-state index contributed by atoms with van der Waals surface area (Å²) >= 11 is 21.4. The van der Waals surface area contributed by atoms with E-state index in [1.165, 1.54) is 46.9 Å². The first-order chi connectivity index (χ1) is 48.4. The van der Waals surface area contributed by atoms with Gasteiger partial charge in [0.2, 0.25) is 45.6 Å². The van der Waals surface area contributed by atoms with Crippen molar-refractivity contribution in [2.45, 2.75) is 74.3 Å². The highest BCUT2D eigenvalue weighted by molar-refractivity contribution is 7.17. The van der Waals surface area contributed by atoms with Crippen LogP contribution in [0.4, 0.5) is 35.0 Å². The molecule has 1 saturated heterocycles. The van der Waals surface area contributed by atoms with E-state index in [0.29, 0.717) is 131 Å². The summed E-state index contributed by atoms with van der Waals surface area (Å²) in [6, 6.07) is 10.5. The number of ether oxygens (including phenoxy) is 9. The van der Waals surface area contributed by atoms with Crippen LogP contribution in [0.2, 0.25) is 15.7 Å². The molecule has 2 fully saturated rings. The maximum absolute atomic E-state index is 11.9. The van der Waals surface area contributed by atoms with Gasteiger partial charge in [0.15, 0.2) is 60.9 Å². The van der Waals surface area contributed by atoms with Gasteiger partial charge in [0.25, 0.3) is 0 Å². The standard InChI is InChI=1S/C22H24N8O4S.C17H15ClN6O3S.C12H15N3O3.C6H11NO.C5HCl2N3S.4CH4/c1-32-14-7-12(8-15(33-2)18(14)34-3)29-9-16(24-10-29)26-20-17-21(35-11-25-17)28-22(27-20)30-6-4-5-13(30)19(23)31;1-25-10-4-9(5-11(26-2)14(10)27-3)24-6-12(19-7-24)21-15-13-16(28-8-20-13)23-17(18)22-15;1-16-9-4-8(15-6-11(13)14-7-15)5-10(17-2)12(9)18-3;7-6(8)5-3-1-2-4-5;6-3-2-4(11-1-8-2)10-5(7)9-3;;;;/h7-11,13H,4-6H2,1-3H3,(H2,23,31)(H,26,27,28);4-8H,1-3H3,(H,21,22,23);4-7H,13H2,1-3H3;5H,1-4H2,(H2,7,8);1H;4*1H4/t13-;;;;;;;;/m0......../s1. The third kappa shape index (κ3) is 19.2. The molecular weight excluding hydrogens is 1470 g/mol. The molecular formula is C66H82Cl3N21O11S3. The average Bonchev–Trinajstić information content (AvgIpc) is 1.59. The quantitative estimate of drug-likeness (QED) is 0.0371. The number of aromatic nitrogens is 15. The Morgan fingerprint density at radius 1 is 0.462 bits per heavy atom. The van der Waals surface area contributed by atoms with Crippen LogP contribution in [0.25, 0.3) is 48.1 Å². The predicted molar refractivity (Wildman–Crippen MR) is 409 cm³/mol. The number of rotatable bonds is 19. The lowest BCUT2D eigenvalue weighted by atomic mass is 10.1. The Bertz CT molecular complexity index is 4740. The minimum Gasteiger partial charge on any atom is -0.493 e. The first-order valence-corrected chi connectivity index (χ1v) is 33.7. The SMILES string of the molecule is C.C.C.C.COc1cc(-n2cnc(N)c2)cc(OC)c1OC.COc1cc(-n2cnc(Nc3nc(Cl)nc4scnc34)c2)cc(OC)c1OC.COc1cc(-n2cnc(Nc3nc(N4CCC[C@H]4C(N)=O)nc4scnc34)c2)cc(OC)c1OC.Clc1nc(Cl)c2ncsc2n1.NC(=O)C1CCCC1. The number of nitrogens with zero attached hydrogens (tertiary/aromatic N) is 16. The molecule has 14 rings (SSSR count). The van der Waals surface area contributed by atoms with E-state index in [4.69, 9.17) is 94.6 Å². The van der Waals surface area contributed by atoms with Crippen LogP contribution in [0.15, 0.2) is 90.5 Å². The number of fused-ring (bicyclic) bond motifs is 3. The number of primary amides is 2. The number of amides is 2. The highest BCUT2D eigenvalue weighted by atomic mass is 35.5. The third-order valence-corrected chi connectivity index (χ3v) is 17.9. The van der Waals surface area contributed by atoms with E-state index >= 15 is 0 Å². The first-order valence-electron chi connectivity index (χ1n) is 29.9. The molecule has 8 N–H and O–H groups in total. The van der Waals surface area contributed by atoms with Crippen molar-refractivity contribution in [2.24, 2.45) is 17.4 Å². The number of imidazole rings is 3. The summed E-state index contributed by atoms with van der Waals surface area (Å²) in [5.41, 5.74) is 25.6. The van der Waals surface area contributed by atoms with Crippen molar-refractivity contribution in [1.82, 2.24) is 73.5 Å². The van der Waals surface area contributed by atoms with E-state index in [-0.39, 0.29) is 58.0 Å². The van der Waals surface area contributed by atoms with E-state index < -0.39 is 6.04 Å². The molecule has 2 aliphatic rings. The largest absolute Gasteiger partial charge is 0.493 e. The number of carbonyl (C=O) groups excluding carboxylic acids is 2. The second-order valence-corrected chi connectivity index (χ2v) is 24.6. The molecule has 2 amide bonds. The number of nitrogens with one attached hydrogen (secondary N) is 2. The summed E-state index contributed by atoms with van der Waals surface area (Å²) < 4.78 is 53.7. The summed E-state index contributed by atoms with van der Waals surface area (Å²) in [4.78, 5) is 77.1. The number of hydrogen-bond donors (Lipinski definition) is 5. The van der Waals surface area contributed by atoms with E-state index in [0.717, 1.165) is 41.2 Å². The van der Waals surface area contributed by atoms with Gasteiger partial charge >= 0.3 is 0 Å². The van der Waals surface area contributed by atoms with Crippen molar-refractivity contribution < 1.29 is 52.2 Å². The Labute approximate surface area is 627 Å². The van der Waals surface area contributed by atoms with Gasteiger partial charge in [-0.1, -0.05) is 54.1 Å². The van der Waals surface area contributed by atoms with Crippen LogP contribution in [0, 0.1) is 5.92 Å². The first kappa shape index (κ1) is 82.4. The number of methoxy groups -OCH3 is 9. The number of nitrogens with two attached hydrogens (primary N) is 3. The number of nitrogen functional groups attached to an aromatic ring is 1. The smallest absolute Gasteiger partial charge is 0.240 e. The van der Waals surface area contributed by atoms with E-state index in [9.17, 15) is 9.59 Å². The van der Waals surface area contributed by atoms with E-state index in [1.54, 1.807) is 116 Å². The Balaban J connectivity index is 0.000000219. The van der Waals surface area contributed by atoms with Gasteiger partial charge in [-0.25, -0.2) is 44.9 Å². The lowest BCUT2D eigenvalue weighted by Crippen LogP contribution is -2.41. The minimum atomic E-state index is -0.424. The molecule has 3 aromatic carbocycles. The van der Waals surface area contributed by atoms with Gasteiger partial charge in [-0.15, -0.1) is 34.0 Å². The van der Waals surface area contributed by atoms with Crippen molar-refractivity contribution >= 4 is 147 Å². The maximum Gasteiger partial charge on any atom is 0.240 e. The van der Waals surface area contributed by atoms with Gasteiger partial charge in [0, 0.05) is 48.9 Å². The molecule has 0 spiro atoms. The zero-order valence-corrected chi connectivity index (χ0v) is 59.7. The molecule has 10 heterocycles. The molecule has 32 nitrogen and oxygen atoms in total. The molecule has 9 aromatic heterocycles. The van der Waals surface area contributed by atoms with Crippen LogP contribution >= 0.6 is 68.8 Å². The molecule has 104 heavy (non-hydrogen) atoms. The van der Waals surface area contributed by atoms with Crippen LogP contribution in [0.1, 0.15) is 68.2 Å². The van der Waals surface area contributed by atoms with E-state index in [1.807, 2.05) is 56.6 Å². The van der Waals surface area contributed by atoms with Gasteiger partial charge in [-0.3, -0.25) is 9.59 Å². The van der Waals surface area contributed by atoms with Crippen LogP contribution in [0.3, 0.4) is 0 Å². The molecule has 38 heteroatoms. The van der Waals surface area contributed by atoms with Gasteiger partial charge in [-0.2, -0.15) is 15.0 Å². The van der Waals surface area contributed by atoms with Crippen LogP contribution in [0.5, 0.6) is 51.7 Å². The fourth-order valence-corrected chi connectivity index (χ4v) is 13.2. The predicted octanol–water partition coefficient (Wildman–Crippen LogP) is 13.3. The molecule has 12 aromatic rings. The summed E-state index contributed by atoms with van der Waals surface area (Å²) in [5.74, 6) is 7.61. The summed E-state index contributed by atoms with van der Waals surface area (Å²) in [5, 5.41) is 6.98. The van der Waals surface area contributed by atoms with Crippen LogP contribution in [-0.4, -0.2) is 162 Å². The number of hydrogen-bond acceptors (Lipinski definition) is 30. The Kier molecular flexibility index (Phi) is 30.2. The average molecular weight is 1550 g/mol. The van der Waals surface area contributed by atoms with Gasteiger partial charge in [0.1, 0.15) is 63.9 Å². The number of carbonyl (C=O) groups is 2. The molecule has 1 saturated carbocycles. The van der Waals surface area contributed by atoms with E-state index in [2.05, 4.69) is 70.4 Å². The molecule has 0 radical (unpaired) electrons. The Morgan fingerprint density at radius 2 is 0.846 bits per heavy atom. The molecule has 0 bridgehead atoms. The fourth-order valence-electron chi connectivity index (χ4n) is 10.4. The number of halogens is 3. The van der Waals surface area contributed by atoms with Crippen molar-refractivity contribution in [3.63, 3.8) is 0 Å². The summed E-state index contributed by atoms with van der Waals surface area (Å²) in [6.07, 6.45) is 16.2. The van der Waals surface area contributed by atoms with Gasteiger partial charge < -0.3 is 89.1 Å². The lowest BCUT2D eigenvalue weighted by Gasteiger charge is -2.22. The van der Waals surface area contributed by atoms with Crippen molar-refractivity contribution in [3.05, 3.63) is 106 Å². The monoisotopic (exact) mass is 1550 g/mol. The normalized spacial score (nSPS) is 12.7. The second-order valence-electron chi connectivity index (χ2n) is 21.1. The molecule has 0 unspecified atom stereocenters. The van der Waals surface area contributed by atoms with Crippen molar-refractivity contribution in [1.29, 1.82) is 0 Å². The van der Waals surface area contributed by atoms with Gasteiger partial charge in [0.05, 0.1) is 116 Å². The fraction of sp³-hybridized carbons (Fsp3) is 0.333. The topological polar surface area (TPSA) is 392 Å². The Morgan fingerprint density at radius 3 is 1.23 bits per heavy atom. The highest BCUT2D eigenvalue weighted by Gasteiger charge is 2.32. The third-order valence-electron chi connectivity index (χ3n) is 15.2. The molecule has 1 aliphatic carbocycles. The second kappa shape index (κ2) is 38.1. The lowest BCUT2D eigenvalue weighted by molar-refractivity contribution is -0.121. The molecule has 1 atom stereocenters. The van der Waals surface area contributed by atoms with Crippen LogP contribution in [-0.2, 0) is 9.59 Å². The minimum absolute atomic E-state index is 0. The zero-order chi connectivity index (χ0) is 71.1. The van der Waals surface area contributed by atoms with Crippen molar-refractivity contribution in [2.75, 3.05) is 91.8 Å². The van der Waals surface area contributed by atoms with Crippen LogP contribution < -0.4 is 75.4 Å². The summed E-state index contributed by atoms with van der Waals surface area (Å²) in [6.45, 7) is 0.660. The van der Waals surface area contributed by atoms with Crippen molar-refractivity contribution in [3.8, 4) is 68.8 Å².